The van der Waals surface area contributed by atoms with E-state index in [9.17, 15) is 9.59 Å². The molecule has 0 aromatic carbocycles. The number of amides is 2. The van der Waals surface area contributed by atoms with Gasteiger partial charge in [0.15, 0.2) is 0 Å². The third-order valence-corrected chi connectivity index (χ3v) is 6.42. The molecule has 1 saturated heterocycles. The van der Waals surface area contributed by atoms with E-state index in [1.165, 1.54) is 32.1 Å². The number of hydrogen-bond acceptors (Lipinski definition) is 3. The molecule has 3 rings (SSSR count). The number of carboxylic acid groups (broad SMARTS) is 1. The number of nitrogens with one attached hydrogen (secondary N) is 1. The minimum atomic E-state index is -0.774. The van der Waals surface area contributed by atoms with Gasteiger partial charge in [0.1, 0.15) is 0 Å². The van der Waals surface area contributed by atoms with Crippen LogP contribution in [0.5, 0.6) is 0 Å². The summed E-state index contributed by atoms with van der Waals surface area (Å²) in [5.41, 5.74) is 0. The van der Waals surface area contributed by atoms with Crippen molar-refractivity contribution in [3.05, 3.63) is 0 Å². The number of carboxylic acids is 1. The number of piperidine rings is 1. The maximum Gasteiger partial charge on any atom is 0.317 e. The van der Waals surface area contributed by atoms with Crippen molar-refractivity contribution >= 4 is 12.0 Å². The molecular weight excluding hydrogens is 318 g/mol. The highest BCUT2D eigenvalue weighted by atomic mass is 16.4. The molecule has 0 bridgehead atoms. The van der Waals surface area contributed by atoms with Crippen LogP contribution in [0.3, 0.4) is 0 Å². The molecule has 3 aliphatic rings. The van der Waals surface area contributed by atoms with Crippen molar-refractivity contribution in [2.45, 2.75) is 70.4 Å². The fourth-order valence-electron chi connectivity index (χ4n) is 4.82. The Morgan fingerprint density at radius 3 is 2.40 bits per heavy atom. The number of nitrogens with zero attached hydrogens (tertiary/aromatic N) is 2. The van der Waals surface area contributed by atoms with Gasteiger partial charge in [0.25, 0.3) is 0 Å². The van der Waals surface area contributed by atoms with Gasteiger partial charge in [0, 0.05) is 25.2 Å². The van der Waals surface area contributed by atoms with E-state index in [1.54, 1.807) is 0 Å². The summed E-state index contributed by atoms with van der Waals surface area (Å²) in [4.78, 5) is 27.4. The zero-order valence-electron chi connectivity index (χ0n) is 15.5. The van der Waals surface area contributed by atoms with Crippen molar-refractivity contribution in [2.24, 2.45) is 11.8 Å². The summed E-state index contributed by atoms with van der Waals surface area (Å²) in [6, 6.07) is 0.761. The van der Waals surface area contributed by atoms with E-state index >= 15 is 0 Å². The maximum atomic E-state index is 12.5. The Labute approximate surface area is 150 Å². The van der Waals surface area contributed by atoms with Gasteiger partial charge in [-0.05, 0) is 37.6 Å². The van der Waals surface area contributed by atoms with Gasteiger partial charge < -0.3 is 15.3 Å². The number of hydrogen-bond donors (Lipinski definition) is 2. The summed E-state index contributed by atoms with van der Waals surface area (Å²) >= 11 is 0. The largest absolute Gasteiger partial charge is 0.480 e. The van der Waals surface area contributed by atoms with E-state index in [4.69, 9.17) is 5.11 Å². The molecule has 1 heterocycles. The van der Waals surface area contributed by atoms with Crippen LogP contribution in [0.25, 0.3) is 0 Å². The Balaban J connectivity index is 1.39. The number of likely N-dealkylation sites (tertiary alicyclic amines) is 1. The first kappa shape index (κ1) is 18.5. The second-order valence-electron chi connectivity index (χ2n) is 8.03. The van der Waals surface area contributed by atoms with Gasteiger partial charge >= 0.3 is 12.0 Å². The summed E-state index contributed by atoms with van der Waals surface area (Å²) < 4.78 is 0. The summed E-state index contributed by atoms with van der Waals surface area (Å²) in [7, 11) is 0. The summed E-state index contributed by atoms with van der Waals surface area (Å²) in [6.45, 7) is 4.30. The molecule has 2 amide bonds. The zero-order chi connectivity index (χ0) is 17.8. The molecule has 2 aliphatic carbocycles. The second kappa shape index (κ2) is 8.39. The summed E-state index contributed by atoms with van der Waals surface area (Å²) in [5, 5.41) is 12.2. The maximum absolute atomic E-state index is 12.5. The number of carbonyl (C=O) groups excluding carboxylic acids is 1. The van der Waals surface area contributed by atoms with Crippen LogP contribution in [0.2, 0.25) is 0 Å². The molecule has 6 heteroatoms. The lowest BCUT2D eigenvalue weighted by Gasteiger charge is -2.37. The van der Waals surface area contributed by atoms with Crippen molar-refractivity contribution in [1.29, 1.82) is 0 Å². The number of carbonyl (C=O) groups is 2. The quantitative estimate of drug-likeness (QED) is 0.771. The molecule has 0 radical (unpaired) electrons. The normalized spacial score (nSPS) is 28.2. The van der Waals surface area contributed by atoms with Crippen molar-refractivity contribution in [2.75, 3.05) is 26.2 Å². The molecule has 3 fully saturated rings. The third-order valence-electron chi connectivity index (χ3n) is 6.42. The van der Waals surface area contributed by atoms with Gasteiger partial charge in [-0.1, -0.05) is 39.0 Å². The Kier molecular flexibility index (Phi) is 6.20. The highest BCUT2D eigenvalue weighted by molar-refractivity contribution is 5.75. The Morgan fingerprint density at radius 2 is 1.80 bits per heavy atom. The van der Waals surface area contributed by atoms with Gasteiger partial charge in [0.05, 0.1) is 6.54 Å². The fourth-order valence-corrected chi connectivity index (χ4v) is 4.82. The molecule has 0 aromatic heterocycles. The van der Waals surface area contributed by atoms with Gasteiger partial charge in [-0.15, -0.1) is 0 Å². The van der Waals surface area contributed by atoms with E-state index in [1.807, 2.05) is 16.7 Å². The highest BCUT2D eigenvalue weighted by Gasteiger charge is 2.44. The number of urea groups is 1. The van der Waals surface area contributed by atoms with Crippen molar-refractivity contribution in [1.82, 2.24) is 15.1 Å². The van der Waals surface area contributed by atoms with Gasteiger partial charge in [-0.25, -0.2) is 4.79 Å². The Hall–Kier alpha value is -1.30. The molecule has 1 aliphatic heterocycles. The van der Waals surface area contributed by atoms with Crippen LogP contribution in [0, 0.1) is 11.8 Å². The summed E-state index contributed by atoms with van der Waals surface area (Å²) in [5.74, 6) is 0.774. The van der Waals surface area contributed by atoms with Crippen molar-refractivity contribution < 1.29 is 14.7 Å². The first-order valence-corrected chi connectivity index (χ1v) is 10.1. The van der Waals surface area contributed by atoms with E-state index in [-0.39, 0.29) is 18.6 Å². The topological polar surface area (TPSA) is 72.9 Å². The molecule has 6 nitrogen and oxygen atoms in total. The number of likely N-dealkylation sites (N-methyl/N-ethyl adjacent to an activating group) is 1. The molecule has 142 valence electrons. The predicted molar refractivity (Wildman–Crippen MR) is 96.5 cm³/mol. The smallest absolute Gasteiger partial charge is 0.317 e. The average molecular weight is 351 g/mol. The molecule has 25 heavy (non-hydrogen) atoms. The molecule has 2 saturated carbocycles. The molecular formula is C19H33N3O3. The van der Waals surface area contributed by atoms with Gasteiger partial charge in [-0.2, -0.15) is 0 Å². The van der Waals surface area contributed by atoms with Gasteiger partial charge in [-0.3, -0.25) is 9.69 Å². The van der Waals surface area contributed by atoms with Crippen LogP contribution in [0.15, 0.2) is 0 Å². The van der Waals surface area contributed by atoms with Crippen molar-refractivity contribution in [3.63, 3.8) is 0 Å². The average Bonchev–Trinajstić information content (AvgIpc) is 3.39. The molecule has 0 unspecified atom stereocenters. The highest BCUT2D eigenvalue weighted by Crippen LogP contribution is 2.44. The lowest BCUT2D eigenvalue weighted by Crippen LogP contribution is -2.51. The van der Waals surface area contributed by atoms with Crippen LogP contribution in [-0.4, -0.2) is 65.2 Å². The van der Waals surface area contributed by atoms with E-state index in [2.05, 4.69) is 5.32 Å². The fraction of sp³-hybridized carbons (Fsp3) is 0.895. The predicted octanol–water partition coefficient (Wildman–Crippen LogP) is 2.54. The molecule has 0 spiro atoms. The lowest BCUT2D eigenvalue weighted by atomic mass is 9.85. The van der Waals surface area contributed by atoms with Crippen LogP contribution < -0.4 is 5.32 Å². The zero-order valence-corrected chi connectivity index (χ0v) is 15.5. The monoisotopic (exact) mass is 351 g/mol. The van der Waals surface area contributed by atoms with Crippen LogP contribution in [0.4, 0.5) is 4.79 Å². The van der Waals surface area contributed by atoms with Crippen LogP contribution in [0.1, 0.15) is 58.3 Å². The SMILES string of the molecule is CCN(CC(=O)O)C1CCN(C(=O)N[C@@H]2C[C@H]2C2CCCCC2)CC1. The Bertz CT molecular complexity index is 471. The third kappa shape index (κ3) is 4.87. The lowest BCUT2D eigenvalue weighted by molar-refractivity contribution is -0.139. The van der Waals surface area contributed by atoms with Crippen LogP contribution >= 0.6 is 0 Å². The molecule has 2 N–H and O–H groups in total. The minimum absolute atomic E-state index is 0.0862. The first-order chi connectivity index (χ1) is 12.1. The standard InChI is InChI=1S/C19H33N3O3/c1-2-21(13-18(23)24)15-8-10-22(11-9-15)19(25)20-17-12-16(17)14-6-4-3-5-7-14/h14-17H,2-13H2,1H3,(H,20,25)(H,23,24)/t16-,17+/m0/s1. The van der Waals surface area contributed by atoms with E-state index in [0.29, 0.717) is 12.0 Å². The minimum Gasteiger partial charge on any atom is -0.480 e. The first-order valence-electron chi connectivity index (χ1n) is 10.1. The molecule has 0 aromatic rings. The Morgan fingerprint density at radius 1 is 1.12 bits per heavy atom. The second-order valence-corrected chi connectivity index (χ2v) is 8.03. The number of rotatable bonds is 6. The van der Waals surface area contributed by atoms with E-state index in [0.717, 1.165) is 44.8 Å². The number of aliphatic carboxylic acids is 1. The van der Waals surface area contributed by atoms with Crippen LogP contribution in [-0.2, 0) is 4.79 Å². The molecule has 2 atom stereocenters. The summed E-state index contributed by atoms with van der Waals surface area (Å²) in [6.07, 6.45) is 9.69. The van der Waals surface area contributed by atoms with Crippen molar-refractivity contribution in [3.8, 4) is 0 Å². The van der Waals surface area contributed by atoms with Gasteiger partial charge in [0.2, 0.25) is 0 Å². The van der Waals surface area contributed by atoms with E-state index < -0.39 is 5.97 Å².